The largest absolute Gasteiger partial charge is 0.379 e. The molecule has 1 aliphatic rings. The van der Waals surface area contributed by atoms with Gasteiger partial charge >= 0.3 is 0 Å². The van der Waals surface area contributed by atoms with Gasteiger partial charge in [-0.05, 0) is 47.9 Å². The maximum Gasteiger partial charge on any atom is 0.252 e. The summed E-state index contributed by atoms with van der Waals surface area (Å²) in [5.41, 5.74) is 9.92. The fraction of sp³-hybridized carbons (Fsp3) is 0.381. The van der Waals surface area contributed by atoms with E-state index in [9.17, 15) is 4.79 Å². The summed E-state index contributed by atoms with van der Waals surface area (Å²) >= 11 is 0. The van der Waals surface area contributed by atoms with Crippen LogP contribution in [0.15, 0.2) is 43.0 Å². The Morgan fingerprint density at radius 2 is 2.00 bits per heavy atom. The number of nitrogens with one attached hydrogen (secondary N) is 1. The van der Waals surface area contributed by atoms with E-state index in [0.29, 0.717) is 11.5 Å². The molecule has 0 bridgehead atoms. The van der Waals surface area contributed by atoms with Gasteiger partial charge in [-0.1, -0.05) is 20.8 Å². The number of amides is 1. The maximum absolute atomic E-state index is 12.1. The SMILES string of the molecule is CC1CC[C@@H](Nc2c(C(N)=O)cnn3cc(-c4ccncc4)cc23)C1(C)C. The van der Waals surface area contributed by atoms with Crippen molar-refractivity contribution in [2.45, 2.75) is 39.7 Å². The number of anilines is 1. The summed E-state index contributed by atoms with van der Waals surface area (Å²) in [4.78, 5) is 16.1. The summed E-state index contributed by atoms with van der Waals surface area (Å²) in [6, 6.07) is 6.23. The van der Waals surface area contributed by atoms with Crippen LogP contribution in [0.25, 0.3) is 16.6 Å². The van der Waals surface area contributed by atoms with Gasteiger partial charge in [0.15, 0.2) is 0 Å². The summed E-state index contributed by atoms with van der Waals surface area (Å²) < 4.78 is 1.80. The van der Waals surface area contributed by atoms with Gasteiger partial charge in [0.25, 0.3) is 5.91 Å². The number of primary amides is 1. The monoisotopic (exact) mass is 363 g/mol. The van der Waals surface area contributed by atoms with E-state index in [-0.39, 0.29) is 11.5 Å². The standard InChI is InChI=1S/C21H25N5O/c1-13-4-5-18(21(13,2)3)25-19-16(20(22)27)11-24-26-12-15(10-17(19)26)14-6-8-23-9-7-14/h6-13,18,25H,4-5H2,1-3H3,(H2,22,27)/t13?,18-/m1/s1. The van der Waals surface area contributed by atoms with Gasteiger partial charge in [0.1, 0.15) is 0 Å². The number of nitrogens with zero attached hydrogens (tertiary/aromatic N) is 3. The predicted octanol–water partition coefficient (Wildman–Crippen LogP) is 3.73. The van der Waals surface area contributed by atoms with Crippen molar-refractivity contribution in [2.24, 2.45) is 17.1 Å². The van der Waals surface area contributed by atoms with Gasteiger partial charge in [0.2, 0.25) is 0 Å². The van der Waals surface area contributed by atoms with Crippen molar-refractivity contribution in [3.63, 3.8) is 0 Å². The number of pyridine rings is 1. The first-order valence-electron chi connectivity index (χ1n) is 9.36. The second-order valence-corrected chi connectivity index (χ2v) is 8.09. The van der Waals surface area contributed by atoms with Gasteiger partial charge in [0, 0.05) is 30.2 Å². The molecule has 140 valence electrons. The van der Waals surface area contributed by atoms with E-state index in [1.165, 1.54) is 6.42 Å². The summed E-state index contributed by atoms with van der Waals surface area (Å²) in [5.74, 6) is 0.145. The van der Waals surface area contributed by atoms with E-state index in [0.717, 1.165) is 28.8 Å². The van der Waals surface area contributed by atoms with E-state index in [2.05, 4.69) is 36.2 Å². The highest BCUT2D eigenvalue weighted by Gasteiger charge is 2.41. The smallest absolute Gasteiger partial charge is 0.252 e. The van der Waals surface area contributed by atoms with Crippen molar-refractivity contribution in [1.29, 1.82) is 0 Å². The normalized spacial score (nSPS) is 21.4. The minimum atomic E-state index is -0.469. The van der Waals surface area contributed by atoms with Crippen LogP contribution in [-0.4, -0.2) is 26.5 Å². The second-order valence-electron chi connectivity index (χ2n) is 8.09. The van der Waals surface area contributed by atoms with Crippen LogP contribution in [0.3, 0.4) is 0 Å². The molecular formula is C21H25N5O. The van der Waals surface area contributed by atoms with Gasteiger partial charge in [-0.25, -0.2) is 4.52 Å². The molecule has 2 atom stereocenters. The Morgan fingerprint density at radius 1 is 1.26 bits per heavy atom. The van der Waals surface area contributed by atoms with Gasteiger partial charge in [-0.15, -0.1) is 0 Å². The summed E-state index contributed by atoms with van der Waals surface area (Å²) in [6.45, 7) is 6.86. The van der Waals surface area contributed by atoms with Crippen molar-refractivity contribution < 1.29 is 4.79 Å². The zero-order chi connectivity index (χ0) is 19.2. The Morgan fingerprint density at radius 3 is 2.63 bits per heavy atom. The molecule has 1 unspecified atom stereocenters. The molecule has 6 nitrogen and oxygen atoms in total. The van der Waals surface area contributed by atoms with Crippen LogP contribution in [-0.2, 0) is 0 Å². The van der Waals surface area contributed by atoms with Crippen LogP contribution in [0.5, 0.6) is 0 Å². The minimum absolute atomic E-state index is 0.135. The van der Waals surface area contributed by atoms with Crippen LogP contribution < -0.4 is 11.1 Å². The molecule has 6 heteroatoms. The number of aromatic nitrogens is 3. The lowest BCUT2D eigenvalue weighted by molar-refractivity contribution is 0.100. The first-order valence-corrected chi connectivity index (χ1v) is 9.36. The molecule has 1 aliphatic carbocycles. The van der Waals surface area contributed by atoms with E-state index >= 15 is 0 Å². The number of carbonyl (C=O) groups is 1. The molecule has 0 saturated heterocycles. The predicted molar refractivity (Wildman–Crippen MR) is 107 cm³/mol. The number of carbonyl (C=O) groups excluding carboxylic acids is 1. The lowest BCUT2D eigenvalue weighted by Crippen LogP contribution is -2.35. The van der Waals surface area contributed by atoms with Crippen molar-refractivity contribution in [1.82, 2.24) is 14.6 Å². The van der Waals surface area contributed by atoms with Crippen LogP contribution in [0.4, 0.5) is 5.69 Å². The summed E-state index contributed by atoms with van der Waals surface area (Å²) in [6.07, 6.45) is 9.28. The topological polar surface area (TPSA) is 85.3 Å². The Balaban J connectivity index is 1.83. The highest BCUT2D eigenvalue weighted by molar-refractivity contribution is 6.02. The highest BCUT2D eigenvalue weighted by Crippen LogP contribution is 2.44. The number of nitrogens with two attached hydrogens (primary N) is 1. The number of hydrogen-bond donors (Lipinski definition) is 2. The van der Waals surface area contributed by atoms with Gasteiger partial charge < -0.3 is 11.1 Å². The average molecular weight is 363 g/mol. The molecule has 0 radical (unpaired) electrons. The zero-order valence-corrected chi connectivity index (χ0v) is 15.9. The van der Waals surface area contributed by atoms with Crippen molar-refractivity contribution in [3.05, 3.63) is 48.5 Å². The molecule has 1 amide bonds. The third-order valence-electron chi connectivity index (χ3n) is 6.29. The first kappa shape index (κ1) is 17.5. The molecule has 3 heterocycles. The Kier molecular flexibility index (Phi) is 4.13. The number of hydrogen-bond acceptors (Lipinski definition) is 4. The zero-order valence-electron chi connectivity index (χ0n) is 15.9. The van der Waals surface area contributed by atoms with Crippen LogP contribution >= 0.6 is 0 Å². The van der Waals surface area contributed by atoms with E-state index in [1.807, 2.05) is 24.4 Å². The van der Waals surface area contributed by atoms with Gasteiger partial charge in [-0.3, -0.25) is 9.78 Å². The van der Waals surface area contributed by atoms with E-state index < -0.39 is 5.91 Å². The fourth-order valence-corrected chi connectivity index (χ4v) is 4.03. The average Bonchev–Trinajstić information content (AvgIpc) is 3.19. The quantitative estimate of drug-likeness (QED) is 0.739. The van der Waals surface area contributed by atoms with Crippen molar-refractivity contribution in [3.8, 4) is 11.1 Å². The van der Waals surface area contributed by atoms with Crippen LogP contribution in [0.1, 0.15) is 44.0 Å². The molecule has 27 heavy (non-hydrogen) atoms. The van der Waals surface area contributed by atoms with E-state index in [4.69, 9.17) is 5.73 Å². The van der Waals surface area contributed by atoms with Crippen LogP contribution in [0.2, 0.25) is 0 Å². The molecule has 0 aromatic carbocycles. The van der Waals surface area contributed by atoms with Crippen molar-refractivity contribution >= 4 is 17.1 Å². The second kappa shape index (κ2) is 6.37. The van der Waals surface area contributed by atoms with E-state index in [1.54, 1.807) is 23.1 Å². The Bertz CT molecular complexity index is 992. The molecule has 3 aromatic heterocycles. The lowest BCUT2D eigenvalue weighted by atomic mass is 9.80. The molecular weight excluding hydrogens is 338 g/mol. The maximum atomic E-state index is 12.1. The van der Waals surface area contributed by atoms with Crippen molar-refractivity contribution in [2.75, 3.05) is 5.32 Å². The molecule has 1 saturated carbocycles. The number of rotatable bonds is 4. The number of fused-ring (bicyclic) bond motifs is 1. The molecule has 0 aliphatic heterocycles. The Hall–Kier alpha value is -2.89. The summed E-state index contributed by atoms with van der Waals surface area (Å²) in [7, 11) is 0. The third kappa shape index (κ3) is 2.95. The van der Waals surface area contributed by atoms with Gasteiger partial charge in [-0.2, -0.15) is 5.10 Å². The fourth-order valence-electron chi connectivity index (χ4n) is 4.03. The van der Waals surface area contributed by atoms with Crippen LogP contribution in [0, 0.1) is 11.3 Å². The molecule has 1 fully saturated rings. The third-order valence-corrected chi connectivity index (χ3v) is 6.29. The molecule has 0 spiro atoms. The Labute approximate surface area is 158 Å². The minimum Gasteiger partial charge on any atom is -0.379 e. The first-order chi connectivity index (χ1) is 12.9. The molecule has 3 N–H and O–H groups in total. The molecule has 3 aromatic rings. The highest BCUT2D eigenvalue weighted by atomic mass is 16.1. The summed E-state index contributed by atoms with van der Waals surface area (Å²) in [5, 5.41) is 8.04. The molecule has 4 rings (SSSR count). The van der Waals surface area contributed by atoms with Gasteiger partial charge in [0.05, 0.1) is 23.0 Å². The lowest BCUT2D eigenvalue weighted by Gasteiger charge is -2.33.